The Morgan fingerprint density at radius 2 is 2.07 bits per heavy atom. The van der Waals surface area contributed by atoms with Crippen molar-refractivity contribution in [1.29, 1.82) is 0 Å². The molecule has 0 N–H and O–H groups in total. The van der Waals surface area contributed by atoms with Gasteiger partial charge in [0.25, 0.3) is 0 Å². The smallest absolute Gasteiger partial charge is 0.232 e. The van der Waals surface area contributed by atoms with E-state index < -0.39 is 0 Å². The zero-order valence-electron chi connectivity index (χ0n) is 15.4. The summed E-state index contributed by atoms with van der Waals surface area (Å²) < 4.78 is 10.7. The maximum atomic E-state index is 12.6. The van der Waals surface area contributed by atoms with Gasteiger partial charge >= 0.3 is 0 Å². The Bertz CT molecular complexity index is 967. The van der Waals surface area contributed by atoms with Crippen molar-refractivity contribution < 1.29 is 14.1 Å². The number of carbonyl (C=O) groups excluding carboxylic acids is 1. The number of ether oxygens (including phenoxy) is 1. The molecule has 0 bridgehead atoms. The second-order valence-electron chi connectivity index (χ2n) is 6.58. The Hall–Kier alpha value is -3.15. The van der Waals surface area contributed by atoms with Gasteiger partial charge in [0.2, 0.25) is 17.6 Å². The predicted octanol–water partition coefficient (Wildman–Crippen LogP) is 3.83. The SMILES string of the molecule is CCc1ccccc1N1CC(c2nc(-c3cccc(OC)c3)no2)CC1=O. The Balaban J connectivity index is 1.57. The molecule has 6 heteroatoms. The molecule has 1 aliphatic heterocycles. The van der Waals surface area contributed by atoms with Crippen LogP contribution in [0.1, 0.15) is 30.7 Å². The largest absolute Gasteiger partial charge is 0.497 e. The number of hydrogen-bond acceptors (Lipinski definition) is 5. The highest BCUT2D eigenvalue weighted by atomic mass is 16.5. The van der Waals surface area contributed by atoms with Crippen LogP contribution in [0.5, 0.6) is 5.75 Å². The molecule has 1 saturated heterocycles. The van der Waals surface area contributed by atoms with E-state index in [1.165, 1.54) is 0 Å². The number of para-hydroxylation sites is 1. The van der Waals surface area contributed by atoms with Gasteiger partial charge in [0.1, 0.15) is 5.75 Å². The van der Waals surface area contributed by atoms with E-state index in [0.29, 0.717) is 24.7 Å². The molecule has 27 heavy (non-hydrogen) atoms. The minimum atomic E-state index is -0.103. The lowest BCUT2D eigenvalue weighted by atomic mass is 10.1. The summed E-state index contributed by atoms with van der Waals surface area (Å²) in [4.78, 5) is 19.0. The molecule has 1 fully saturated rings. The van der Waals surface area contributed by atoms with Crippen LogP contribution < -0.4 is 9.64 Å². The van der Waals surface area contributed by atoms with Crippen molar-refractivity contribution in [2.75, 3.05) is 18.6 Å². The van der Waals surface area contributed by atoms with Crippen molar-refractivity contribution in [3.8, 4) is 17.1 Å². The summed E-state index contributed by atoms with van der Waals surface area (Å²) in [7, 11) is 1.62. The Morgan fingerprint density at radius 1 is 1.22 bits per heavy atom. The third kappa shape index (κ3) is 3.30. The molecule has 4 rings (SSSR count). The number of carbonyl (C=O) groups is 1. The summed E-state index contributed by atoms with van der Waals surface area (Å²) in [6.07, 6.45) is 1.25. The molecular formula is C21H21N3O3. The minimum Gasteiger partial charge on any atom is -0.497 e. The van der Waals surface area contributed by atoms with Crippen molar-refractivity contribution in [2.45, 2.75) is 25.7 Å². The van der Waals surface area contributed by atoms with Gasteiger partial charge in [-0.15, -0.1) is 0 Å². The number of nitrogens with zero attached hydrogens (tertiary/aromatic N) is 3. The van der Waals surface area contributed by atoms with E-state index >= 15 is 0 Å². The number of hydrogen-bond donors (Lipinski definition) is 0. The molecule has 0 radical (unpaired) electrons. The van der Waals surface area contributed by atoms with Gasteiger partial charge in [0.05, 0.1) is 13.0 Å². The lowest BCUT2D eigenvalue weighted by Gasteiger charge is -2.19. The first-order chi connectivity index (χ1) is 13.2. The predicted molar refractivity (Wildman–Crippen MR) is 102 cm³/mol. The van der Waals surface area contributed by atoms with Crippen LogP contribution in [-0.2, 0) is 11.2 Å². The summed E-state index contributed by atoms with van der Waals surface area (Å²) in [6.45, 7) is 2.64. The Kier molecular flexibility index (Phi) is 4.62. The number of aromatic nitrogens is 2. The second kappa shape index (κ2) is 7.23. The molecule has 6 nitrogen and oxygen atoms in total. The van der Waals surface area contributed by atoms with Crippen LogP contribution in [0.25, 0.3) is 11.4 Å². The van der Waals surface area contributed by atoms with Crippen molar-refractivity contribution in [1.82, 2.24) is 10.1 Å². The molecule has 1 unspecified atom stereocenters. The van der Waals surface area contributed by atoms with E-state index in [9.17, 15) is 4.79 Å². The molecule has 1 aliphatic rings. The van der Waals surface area contributed by atoms with Crippen LogP contribution in [0.4, 0.5) is 5.69 Å². The summed E-state index contributed by atoms with van der Waals surface area (Å²) in [5, 5.41) is 4.09. The van der Waals surface area contributed by atoms with E-state index in [-0.39, 0.29) is 11.8 Å². The van der Waals surface area contributed by atoms with E-state index in [1.807, 2.05) is 47.4 Å². The quantitative estimate of drug-likeness (QED) is 0.689. The average molecular weight is 363 g/mol. The normalized spacial score (nSPS) is 16.7. The second-order valence-corrected chi connectivity index (χ2v) is 6.58. The highest BCUT2D eigenvalue weighted by Crippen LogP contribution is 2.34. The van der Waals surface area contributed by atoms with Crippen LogP contribution in [0.15, 0.2) is 53.1 Å². The van der Waals surface area contributed by atoms with Gasteiger partial charge in [-0.3, -0.25) is 4.79 Å². The molecule has 2 aromatic carbocycles. The Labute approximate surface area is 157 Å². The maximum absolute atomic E-state index is 12.6. The summed E-state index contributed by atoms with van der Waals surface area (Å²) >= 11 is 0. The number of aryl methyl sites for hydroxylation is 1. The molecule has 0 aliphatic carbocycles. The third-order valence-corrected chi connectivity index (χ3v) is 4.91. The topological polar surface area (TPSA) is 68.5 Å². The van der Waals surface area contributed by atoms with Crippen molar-refractivity contribution in [3.63, 3.8) is 0 Å². The molecular weight excluding hydrogens is 342 g/mol. The minimum absolute atomic E-state index is 0.0852. The first-order valence-electron chi connectivity index (χ1n) is 9.06. The summed E-state index contributed by atoms with van der Waals surface area (Å²) in [5.74, 6) is 1.72. The molecule has 0 spiro atoms. The van der Waals surface area contributed by atoms with Crippen molar-refractivity contribution >= 4 is 11.6 Å². The number of rotatable bonds is 5. The molecule has 0 saturated carbocycles. The number of methoxy groups -OCH3 is 1. The van der Waals surface area contributed by atoms with Gasteiger partial charge in [-0.1, -0.05) is 42.4 Å². The van der Waals surface area contributed by atoms with Crippen LogP contribution in [0, 0.1) is 0 Å². The van der Waals surface area contributed by atoms with Gasteiger partial charge in [0, 0.05) is 24.2 Å². The first kappa shape index (κ1) is 17.3. The van der Waals surface area contributed by atoms with Gasteiger partial charge in [-0.05, 0) is 30.2 Å². The van der Waals surface area contributed by atoms with Crippen LogP contribution in [-0.4, -0.2) is 29.7 Å². The van der Waals surface area contributed by atoms with Gasteiger partial charge in [-0.2, -0.15) is 4.98 Å². The Morgan fingerprint density at radius 3 is 2.89 bits per heavy atom. The lowest BCUT2D eigenvalue weighted by molar-refractivity contribution is -0.117. The maximum Gasteiger partial charge on any atom is 0.232 e. The molecule has 1 atom stereocenters. The number of amides is 1. The van der Waals surface area contributed by atoms with Gasteiger partial charge < -0.3 is 14.2 Å². The fourth-order valence-corrected chi connectivity index (χ4v) is 3.46. The van der Waals surface area contributed by atoms with E-state index in [0.717, 1.165) is 29.0 Å². The van der Waals surface area contributed by atoms with Crippen LogP contribution in [0.3, 0.4) is 0 Å². The molecule has 1 amide bonds. The standard InChI is InChI=1S/C21H21N3O3/c1-3-14-7-4-5-10-18(14)24-13-16(12-19(24)25)21-22-20(23-27-21)15-8-6-9-17(11-15)26-2/h4-11,16H,3,12-13H2,1-2H3. The highest BCUT2D eigenvalue weighted by molar-refractivity contribution is 5.97. The van der Waals surface area contributed by atoms with Gasteiger partial charge in [0.15, 0.2) is 0 Å². The monoisotopic (exact) mass is 363 g/mol. The summed E-state index contributed by atoms with van der Waals surface area (Å²) in [6, 6.07) is 15.5. The van der Waals surface area contributed by atoms with Crippen LogP contribution in [0.2, 0.25) is 0 Å². The van der Waals surface area contributed by atoms with Crippen molar-refractivity contribution in [2.24, 2.45) is 0 Å². The highest BCUT2D eigenvalue weighted by Gasteiger charge is 2.35. The fourth-order valence-electron chi connectivity index (χ4n) is 3.46. The van der Waals surface area contributed by atoms with E-state index in [4.69, 9.17) is 9.26 Å². The average Bonchev–Trinajstić information content (AvgIpc) is 3.35. The lowest BCUT2D eigenvalue weighted by Crippen LogP contribution is -2.25. The molecule has 138 valence electrons. The van der Waals surface area contributed by atoms with E-state index in [2.05, 4.69) is 23.1 Å². The number of benzene rings is 2. The molecule has 2 heterocycles. The van der Waals surface area contributed by atoms with E-state index in [1.54, 1.807) is 7.11 Å². The number of anilines is 1. The first-order valence-corrected chi connectivity index (χ1v) is 9.06. The molecule has 3 aromatic rings. The molecule has 1 aromatic heterocycles. The third-order valence-electron chi connectivity index (χ3n) is 4.91. The van der Waals surface area contributed by atoms with Gasteiger partial charge in [-0.25, -0.2) is 0 Å². The summed E-state index contributed by atoms with van der Waals surface area (Å²) in [5.41, 5.74) is 2.95. The zero-order chi connectivity index (χ0) is 18.8. The fraction of sp³-hybridized carbons (Fsp3) is 0.286. The van der Waals surface area contributed by atoms with Crippen LogP contribution >= 0.6 is 0 Å². The zero-order valence-corrected chi connectivity index (χ0v) is 15.4. The van der Waals surface area contributed by atoms with Crippen molar-refractivity contribution in [3.05, 3.63) is 60.0 Å².